The molecule has 0 radical (unpaired) electrons. The molecular formula is C12H16BrNO4S. The molecule has 1 N–H and O–H groups in total. The predicted molar refractivity (Wildman–Crippen MR) is 75.4 cm³/mol. The molecule has 1 aromatic rings. The molecule has 0 aliphatic heterocycles. The van der Waals surface area contributed by atoms with Crippen LogP contribution in [0, 0.1) is 5.92 Å². The van der Waals surface area contributed by atoms with Crippen LogP contribution >= 0.6 is 15.9 Å². The lowest BCUT2D eigenvalue weighted by Gasteiger charge is -2.26. The number of halogens is 1. The number of aliphatic carboxylic acids is 1. The SMILES string of the molecule is CC(C)[C@@H](C(=O)O)N(C)S(=O)(=O)c1ccc(Br)cc1. The summed E-state index contributed by atoms with van der Waals surface area (Å²) in [6.07, 6.45) is 0. The fraction of sp³-hybridized carbons (Fsp3) is 0.417. The average molecular weight is 350 g/mol. The molecule has 106 valence electrons. The second-order valence-electron chi connectivity index (χ2n) is 4.50. The molecule has 0 aliphatic rings. The van der Waals surface area contributed by atoms with Crippen LogP contribution in [0.5, 0.6) is 0 Å². The molecule has 1 atom stereocenters. The van der Waals surface area contributed by atoms with E-state index in [9.17, 15) is 13.2 Å². The first-order valence-electron chi connectivity index (χ1n) is 5.64. The molecule has 0 aliphatic carbocycles. The number of carbonyl (C=O) groups is 1. The highest BCUT2D eigenvalue weighted by Crippen LogP contribution is 2.22. The van der Waals surface area contributed by atoms with Crippen molar-refractivity contribution in [3.05, 3.63) is 28.7 Å². The van der Waals surface area contributed by atoms with E-state index in [1.54, 1.807) is 26.0 Å². The van der Waals surface area contributed by atoms with Crippen molar-refractivity contribution < 1.29 is 18.3 Å². The number of rotatable bonds is 5. The molecule has 0 bridgehead atoms. The van der Waals surface area contributed by atoms with Gasteiger partial charge in [0.1, 0.15) is 6.04 Å². The van der Waals surface area contributed by atoms with Crippen LogP contribution in [0.1, 0.15) is 13.8 Å². The van der Waals surface area contributed by atoms with Crippen LogP contribution in [0.2, 0.25) is 0 Å². The Morgan fingerprint density at radius 2 is 1.74 bits per heavy atom. The maximum atomic E-state index is 12.3. The Balaban J connectivity index is 3.19. The normalized spacial score (nSPS) is 13.8. The summed E-state index contributed by atoms with van der Waals surface area (Å²) >= 11 is 3.22. The lowest BCUT2D eigenvalue weighted by Crippen LogP contribution is -2.45. The minimum absolute atomic E-state index is 0.0742. The van der Waals surface area contributed by atoms with E-state index in [0.717, 1.165) is 8.78 Å². The van der Waals surface area contributed by atoms with Crippen molar-refractivity contribution in [1.82, 2.24) is 4.31 Å². The Hall–Kier alpha value is -0.920. The fourth-order valence-electron chi connectivity index (χ4n) is 1.78. The van der Waals surface area contributed by atoms with E-state index in [4.69, 9.17) is 5.11 Å². The van der Waals surface area contributed by atoms with Gasteiger partial charge in [0.25, 0.3) is 0 Å². The van der Waals surface area contributed by atoms with Crippen LogP contribution in [-0.2, 0) is 14.8 Å². The van der Waals surface area contributed by atoms with E-state index in [0.29, 0.717) is 0 Å². The third-order valence-corrected chi connectivity index (χ3v) is 5.15. The van der Waals surface area contributed by atoms with Gasteiger partial charge in [-0.3, -0.25) is 4.79 Å². The van der Waals surface area contributed by atoms with Gasteiger partial charge in [0.2, 0.25) is 10.0 Å². The topological polar surface area (TPSA) is 74.7 Å². The summed E-state index contributed by atoms with van der Waals surface area (Å²) in [5, 5.41) is 9.15. The number of hydrogen-bond acceptors (Lipinski definition) is 3. The Morgan fingerprint density at radius 3 is 2.11 bits per heavy atom. The van der Waals surface area contributed by atoms with Crippen LogP contribution in [0.15, 0.2) is 33.6 Å². The zero-order chi connectivity index (χ0) is 14.8. The summed E-state index contributed by atoms with van der Waals surface area (Å²) in [6.45, 7) is 3.35. The van der Waals surface area contributed by atoms with Crippen molar-refractivity contribution in [2.24, 2.45) is 5.92 Å². The molecule has 0 heterocycles. The van der Waals surface area contributed by atoms with Gasteiger partial charge in [0.05, 0.1) is 4.90 Å². The molecule has 0 fully saturated rings. The Morgan fingerprint density at radius 1 is 1.26 bits per heavy atom. The summed E-state index contributed by atoms with van der Waals surface area (Å²) in [4.78, 5) is 11.3. The third-order valence-electron chi connectivity index (χ3n) is 2.77. The molecule has 0 saturated carbocycles. The number of hydrogen-bond donors (Lipinski definition) is 1. The van der Waals surface area contributed by atoms with E-state index in [-0.39, 0.29) is 10.8 Å². The van der Waals surface area contributed by atoms with Crippen molar-refractivity contribution >= 4 is 31.9 Å². The first kappa shape index (κ1) is 16.1. The summed E-state index contributed by atoms with van der Waals surface area (Å²) < 4.78 is 26.3. The largest absolute Gasteiger partial charge is 0.480 e. The van der Waals surface area contributed by atoms with Gasteiger partial charge in [-0.2, -0.15) is 4.31 Å². The first-order chi connectivity index (χ1) is 8.67. The zero-order valence-corrected chi connectivity index (χ0v) is 13.3. The second-order valence-corrected chi connectivity index (χ2v) is 7.42. The van der Waals surface area contributed by atoms with Crippen molar-refractivity contribution in [2.75, 3.05) is 7.05 Å². The van der Waals surface area contributed by atoms with E-state index in [1.165, 1.54) is 19.2 Å². The van der Waals surface area contributed by atoms with Gasteiger partial charge in [-0.25, -0.2) is 8.42 Å². The molecule has 1 aromatic carbocycles. The average Bonchev–Trinajstić information content (AvgIpc) is 2.28. The maximum Gasteiger partial charge on any atom is 0.322 e. The zero-order valence-electron chi connectivity index (χ0n) is 10.9. The summed E-state index contributed by atoms with van der Waals surface area (Å²) in [7, 11) is -2.53. The monoisotopic (exact) mass is 349 g/mol. The van der Waals surface area contributed by atoms with Gasteiger partial charge in [0, 0.05) is 11.5 Å². The second kappa shape index (κ2) is 6.02. The summed E-state index contributed by atoms with van der Waals surface area (Å²) in [5.41, 5.74) is 0. The van der Waals surface area contributed by atoms with Crippen LogP contribution in [0.3, 0.4) is 0 Å². The van der Waals surface area contributed by atoms with Crippen LogP contribution in [0.25, 0.3) is 0 Å². The number of sulfonamides is 1. The lowest BCUT2D eigenvalue weighted by atomic mass is 10.1. The van der Waals surface area contributed by atoms with Gasteiger partial charge in [-0.1, -0.05) is 29.8 Å². The molecular weight excluding hydrogens is 334 g/mol. The van der Waals surface area contributed by atoms with Crippen LogP contribution < -0.4 is 0 Å². The number of nitrogens with zero attached hydrogens (tertiary/aromatic N) is 1. The molecule has 0 spiro atoms. The highest BCUT2D eigenvalue weighted by molar-refractivity contribution is 9.10. The van der Waals surface area contributed by atoms with Crippen molar-refractivity contribution in [2.45, 2.75) is 24.8 Å². The molecule has 5 nitrogen and oxygen atoms in total. The Bertz CT molecular complexity index is 554. The van der Waals surface area contributed by atoms with E-state index in [2.05, 4.69) is 15.9 Å². The van der Waals surface area contributed by atoms with Gasteiger partial charge in [0.15, 0.2) is 0 Å². The first-order valence-corrected chi connectivity index (χ1v) is 7.87. The molecule has 0 unspecified atom stereocenters. The van der Waals surface area contributed by atoms with E-state index >= 15 is 0 Å². The van der Waals surface area contributed by atoms with E-state index < -0.39 is 22.0 Å². The van der Waals surface area contributed by atoms with Crippen LogP contribution in [0.4, 0.5) is 0 Å². The maximum absolute atomic E-state index is 12.3. The van der Waals surface area contributed by atoms with Crippen molar-refractivity contribution in [3.8, 4) is 0 Å². The minimum Gasteiger partial charge on any atom is -0.480 e. The predicted octanol–water partition coefficient (Wildman–Crippen LogP) is 2.18. The standard InChI is InChI=1S/C12H16BrNO4S/c1-8(2)11(12(15)16)14(3)19(17,18)10-6-4-9(13)5-7-10/h4-8,11H,1-3H3,(H,15,16)/t11-/m0/s1. The summed E-state index contributed by atoms with van der Waals surface area (Å²) in [5.74, 6) is -1.48. The van der Waals surface area contributed by atoms with Gasteiger partial charge >= 0.3 is 5.97 Å². The molecule has 7 heteroatoms. The number of benzene rings is 1. The lowest BCUT2D eigenvalue weighted by molar-refractivity contribution is -0.142. The van der Waals surface area contributed by atoms with E-state index in [1.807, 2.05) is 0 Å². The minimum atomic E-state index is -3.81. The summed E-state index contributed by atoms with van der Waals surface area (Å²) in [6, 6.07) is 5.00. The quantitative estimate of drug-likeness (QED) is 0.883. The number of carboxylic acids is 1. The smallest absolute Gasteiger partial charge is 0.322 e. The third kappa shape index (κ3) is 3.55. The van der Waals surface area contributed by atoms with Crippen LogP contribution in [-0.4, -0.2) is 36.9 Å². The molecule has 0 aromatic heterocycles. The molecule has 19 heavy (non-hydrogen) atoms. The van der Waals surface area contributed by atoms with Gasteiger partial charge in [-0.05, 0) is 30.2 Å². The highest BCUT2D eigenvalue weighted by atomic mass is 79.9. The molecule has 0 saturated heterocycles. The fourth-order valence-corrected chi connectivity index (χ4v) is 3.49. The van der Waals surface area contributed by atoms with Gasteiger partial charge < -0.3 is 5.11 Å². The number of carboxylic acid groups (broad SMARTS) is 1. The Kier molecular flexibility index (Phi) is 5.11. The number of likely N-dealkylation sites (N-methyl/N-ethyl adjacent to an activating group) is 1. The van der Waals surface area contributed by atoms with Crippen molar-refractivity contribution in [3.63, 3.8) is 0 Å². The molecule has 1 rings (SSSR count). The molecule has 0 amide bonds. The Labute approximate surface area is 121 Å². The highest BCUT2D eigenvalue weighted by Gasteiger charge is 2.34. The van der Waals surface area contributed by atoms with Gasteiger partial charge in [-0.15, -0.1) is 0 Å². The van der Waals surface area contributed by atoms with Crippen molar-refractivity contribution in [1.29, 1.82) is 0 Å².